The average molecular weight is 467 g/mol. The molecule has 0 unspecified atom stereocenters. The van der Waals surface area contributed by atoms with Crippen LogP contribution in [0.5, 0.6) is 0 Å². The third-order valence-corrected chi connectivity index (χ3v) is 6.31. The van der Waals surface area contributed by atoms with E-state index in [2.05, 4.69) is 35.0 Å². The lowest BCUT2D eigenvalue weighted by atomic mass is 9.85. The first kappa shape index (κ1) is 22.4. The molecule has 0 spiro atoms. The smallest absolute Gasteiger partial charge is 0.222 e. The Hall–Kier alpha value is -1.32. The van der Waals surface area contributed by atoms with Crippen molar-refractivity contribution in [3.63, 3.8) is 0 Å². The largest absolute Gasteiger partial charge is 0.394 e. The molecule has 1 aliphatic rings. The molecule has 2 aromatic rings. The molecule has 1 fully saturated rings. The Balaban J connectivity index is 1.99. The molecule has 1 heterocycles. The molecule has 6 nitrogen and oxygen atoms in total. The normalized spacial score (nSPS) is 29.8. The van der Waals surface area contributed by atoms with Crippen LogP contribution in [-0.2, 0) is 23.4 Å². The summed E-state index contributed by atoms with van der Waals surface area (Å²) in [5.74, 6) is -2.27. The SMILES string of the molecule is CCc1ccc(Cc2cc([C@]3(O)O[C@H](CO)[C@@H](O)[C@H](O)[C@H]3O)c(C)cc2Br)cc1. The second kappa shape index (κ2) is 8.81. The van der Waals surface area contributed by atoms with Crippen molar-refractivity contribution in [2.45, 2.75) is 56.9 Å². The van der Waals surface area contributed by atoms with Gasteiger partial charge in [0.1, 0.15) is 24.4 Å². The molecular formula is C22H27BrO6. The first-order chi connectivity index (χ1) is 13.7. The Morgan fingerprint density at radius 2 is 1.66 bits per heavy atom. The van der Waals surface area contributed by atoms with Crippen LogP contribution in [0.4, 0.5) is 0 Å². The first-order valence-electron chi connectivity index (χ1n) is 9.63. The van der Waals surface area contributed by atoms with Gasteiger partial charge in [0.15, 0.2) is 0 Å². The Morgan fingerprint density at radius 1 is 1.03 bits per heavy atom. The minimum Gasteiger partial charge on any atom is -0.394 e. The molecule has 5 atom stereocenters. The number of hydrogen-bond acceptors (Lipinski definition) is 6. The van der Waals surface area contributed by atoms with Gasteiger partial charge in [-0.05, 0) is 54.2 Å². The Morgan fingerprint density at radius 3 is 2.24 bits per heavy atom. The molecule has 1 aliphatic heterocycles. The van der Waals surface area contributed by atoms with Crippen molar-refractivity contribution in [1.29, 1.82) is 0 Å². The third-order valence-electron chi connectivity index (χ3n) is 5.57. The number of halogens is 1. The molecule has 5 N–H and O–H groups in total. The summed E-state index contributed by atoms with van der Waals surface area (Å²) in [5.41, 5.74) is 4.09. The lowest BCUT2D eigenvalue weighted by Gasteiger charge is -2.46. The summed E-state index contributed by atoms with van der Waals surface area (Å²) in [6, 6.07) is 11.8. The highest BCUT2D eigenvalue weighted by atomic mass is 79.9. The molecule has 3 rings (SSSR count). The topological polar surface area (TPSA) is 110 Å². The number of aliphatic hydroxyl groups is 5. The van der Waals surface area contributed by atoms with Crippen molar-refractivity contribution >= 4 is 15.9 Å². The Bertz CT molecular complexity index is 853. The van der Waals surface area contributed by atoms with Gasteiger partial charge in [-0.2, -0.15) is 0 Å². The van der Waals surface area contributed by atoms with Crippen LogP contribution in [0.25, 0.3) is 0 Å². The molecule has 7 heteroatoms. The van der Waals surface area contributed by atoms with Gasteiger partial charge in [0, 0.05) is 10.0 Å². The summed E-state index contributed by atoms with van der Waals surface area (Å²) in [7, 11) is 0. The van der Waals surface area contributed by atoms with Gasteiger partial charge < -0.3 is 30.3 Å². The molecule has 0 aromatic heterocycles. The molecular weight excluding hydrogens is 440 g/mol. The predicted molar refractivity (Wildman–Crippen MR) is 111 cm³/mol. The average Bonchev–Trinajstić information content (AvgIpc) is 2.71. The van der Waals surface area contributed by atoms with E-state index in [0.717, 1.165) is 22.0 Å². The zero-order chi connectivity index (χ0) is 21.3. The van der Waals surface area contributed by atoms with Crippen molar-refractivity contribution in [3.8, 4) is 0 Å². The fourth-order valence-electron chi connectivity index (χ4n) is 3.73. The predicted octanol–water partition coefficient (Wildman–Crippen LogP) is 1.53. The highest BCUT2D eigenvalue weighted by Crippen LogP contribution is 2.39. The summed E-state index contributed by atoms with van der Waals surface area (Å²) in [6.45, 7) is 3.23. The fraction of sp³-hybridized carbons (Fsp3) is 0.455. The number of rotatable bonds is 5. The molecule has 29 heavy (non-hydrogen) atoms. The molecule has 0 radical (unpaired) electrons. The zero-order valence-corrected chi connectivity index (χ0v) is 18.0. The minimum absolute atomic E-state index is 0.276. The Kier molecular flexibility index (Phi) is 6.80. The van der Waals surface area contributed by atoms with E-state index in [4.69, 9.17) is 4.74 Å². The van der Waals surface area contributed by atoms with Crippen molar-refractivity contribution in [2.75, 3.05) is 6.61 Å². The van der Waals surface area contributed by atoms with Gasteiger partial charge in [-0.25, -0.2) is 0 Å². The van der Waals surface area contributed by atoms with E-state index in [9.17, 15) is 25.5 Å². The molecule has 1 saturated heterocycles. The lowest BCUT2D eigenvalue weighted by Crippen LogP contribution is -2.63. The van der Waals surface area contributed by atoms with E-state index >= 15 is 0 Å². The van der Waals surface area contributed by atoms with Crippen molar-refractivity contribution < 1.29 is 30.3 Å². The van der Waals surface area contributed by atoms with Crippen LogP contribution in [0.3, 0.4) is 0 Å². The maximum Gasteiger partial charge on any atom is 0.222 e. The van der Waals surface area contributed by atoms with Gasteiger partial charge in [-0.3, -0.25) is 0 Å². The van der Waals surface area contributed by atoms with E-state index in [1.165, 1.54) is 5.56 Å². The first-order valence-corrected chi connectivity index (χ1v) is 10.4. The van der Waals surface area contributed by atoms with Gasteiger partial charge in [0.2, 0.25) is 5.79 Å². The van der Waals surface area contributed by atoms with E-state index in [1.807, 2.05) is 18.2 Å². The van der Waals surface area contributed by atoms with E-state index in [-0.39, 0.29) is 5.56 Å². The zero-order valence-electron chi connectivity index (χ0n) is 16.4. The fourth-order valence-corrected chi connectivity index (χ4v) is 4.33. The van der Waals surface area contributed by atoms with Crippen LogP contribution >= 0.6 is 15.9 Å². The molecule has 0 bridgehead atoms. The molecule has 0 saturated carbocycles. The van der Waals surface area contributed by atoms with Gasteiger partial charge in [0.05, 0.1) is 6.61 Å². The van der Waals surface area contributed by atoms with Crippen molar-refractivity contribution in [2.24, 2.45) is 0 Å². The second-order valence-electron chi connectivity index (χ2n) is 7.57. The van der Waals surface area contributed by atoms with Crippen molar-refractivity contribution in [3.05, 3.63) is 68.7 Å². The van der Waals surface area contributed by atoms with Crippen LogP contribution < -0.4 is 0 Å². The minimum atomic E-state index is -2.27. The molecule has 0 amide bonds. The molecule has 158 valence electrons. The number of hydrogen-bond donors (Lipinski definition) is 5. The van der Waals surface area contributed by atoms with E-state index in [0.29, 0.717) is 12.0 Å². The quantitative estimate of drug-likeness (QED) is 0.457. The van der Waals surface area contributed by atoms with Crippen LogP contribution in [0, 0.1) is 6.92 Å². The van der Waals surface area contributed by atoms with Crippen LogP contribution in [0.1, 0.15) is 34.7 Å². The third kappa shape index (κ3) is 4.27. The van der Waals surface area contributed by atoms with E-state index in [1.54, 1.807) is 13.0 Å². The second-order valence-corrected chi connectivity index (χ2v) is 8.42. The summed E-state index contributed by atoms with van der Waals surface area (Å²) >= 11 is 3.56. The summed E-state index contributed by atoms with van der Waals surface area (Å²) < 4.78 is 6.33. The number of benzene rings is 2. The van der Waals surface area contributed by atoms with Gasteiger partial charge in [-0.15, -0.1) is 0 Å². The van der Waals surface area contributed by atoms with Gasteiger partial charge in [0.25, 0.3) is 0 Å². The number of aryl methyl sites for hydroxylation is 2. The van der Waals surface area contributed by atoms with E-state index < -0.39 is 36.8 Å². The number of aliphatic hydroxyl groups excluding tert-OH is 4. The highest BCUT2D eigenvalue weighted by molar-refractivity contribution is 9.10. The summed E-state index contributed by atoms with van der Waals surface area (Å²) in [6.07, 6.45) is -4.65. The maximum absolute atomic E-state index is 11.2. The maximum atomic E-state index is 11.2. The van der Waals surface area contributed by atoms with Crippen LogP contribution in [-0.4, -0.2) is 56.6 Å². The monoisotopic (exact) mass is 466 g/mol. The lowest BCUT2D eigenvalue weighted by molar-refractivity contribution is -0.358. The van der Waals surface area contributed by atoms with Gasteiger partial charge >= 0.3 is 0 Å². The van der Waals surface area contributed by atoms with Crippen molar-refractivity contribution in [1.82, 2.24) is 0 Å². The standard InChI is InChI=1S/C22H27BrO6/c1-3-13-4-6-14(7-5-13)9-15-10-16(12(2)8-17(15)23)22(28)21(27)20(26)19(25)18(11-24)29-22/h4-8,10,18-21,24-28H,3,9,11H2,1-2H3/t18-,19-,20+,21-,22+/m1/s1. The summed E-state index contributed by atoms with van der Waals surface area (Å²) in [4.78, 5) is 0. The van der Waals surface area contributed by atoms with Crippen LogP contribution in [0.15, 0.2) is 40.9 Å². The molecule has 0 aliphatic carbocycles. The highest BCUT2D eigenvalue weighted by Gasteiger charge is 2.54. The Labute approximate surface area is 178 Å². The van der Waals surface area contributed by atoms with Gasteiger partial charge in [-0.1, -0.05) is 47.1 Å². The molecule has 2 aromatic carbocycles. The van der Waals surface area contributed by atoms with Crippen LogP contribution in [0.2, 0.25) is 0 Å². The summed E-state index contributed by atoms with van der Waals surface area (Å²) in [5, 5.41) is 51.3. The number of ether oxygens (including phenoxy) is 1.